The first kappa shape index (κ1) is 10.2. The van der Waals surface area contributed by atoms with Crippen LogP contribution in [0.1, 0.15) is 17.5 Å². The normalized spacial score (nSPS) is 14.1. The van der Waals surface area contributed by atoms with Crippen LogP contribution >= 0.6 is 0 Å². The summed E-state index contributed by atoms with van der Waals surface area (Å²) < 4.78 is 0. The van der Waals surface area contributed by atoms with Crippen molar-refractivity contribution in [1.82, 2.24) is 0 Å². The summed E-state index contributed by atoms with van der Waals surface area (Å²) in [5, 5.41) is 18.4. The topological polar surface area (TPSA) is 57.5 Å². The van der Waals surface area contributed by atoms with Crippen LogP contribution in [0, 0.1) is 0 Å². The molecule has 78 valence electrons. The molecule has 0 bridgehead atoms. The van der Waals surface area contributed by atoms with Gasteiger partial charge in [-0.3, -0.25) is 4.79 Å². The molecule has 15 heavy (non-hydrogen) atoms. The molecule has 1 aliphatic heterocycles. The molecule has 1 aromatic rings. The van der Waals surface area contributed by atoms with Gasteiger partial charge in [0.05, 0.1) is 0 Å². The molecule has 4 heteroatoms. The van der Waals surface area contributed by atoms with E-state index in [0.29, 0.717) is 6.42 Å². The zero-order valence-corrected chi connectivity index (χ0v) is 8.44. The molecule has 0 spiro atoms. The van der Waals surface area contributed by atoms with E-state index in [0.717, 1.165) is 23.8 Å². The molecule has 0 amide bonds. The summed E-state index contributed by atoms with van der Waals surface area (Å²) in [6.07, 6.45) is 2.30. The van der Waals surface area contributed by atoms with Crippen molar-refractivity contribution in [3.63, 3.8) is 0 Å². The van der Waals surface area contributed by atoms with E-state index < -0.39 is 12.9 Å². The SMILES string of the molecule is O=C(O)CCc1cccc2c1B(O)CC2. The van der Waals surface area contributed by atoms with Crippen molar-refractivity contribution < 1.29 is 14.9 Å². The molecule has 0 radical (unpaired) electrons. The van der Waals surface area contributed by atoms with Crippen LogP contribution in [-0.4, -0.2) is 23.0 Å². The molecule has 0 saturated heterocycles. The van der Waals surface area contributed by atoms with Crippen molar-refractivity contribution in [2.75, 3.05) is 0 Å². The van der Waals surface area contributed by atoms with E-state index >= 15 is 0 Å². The number of hydrogen-bond acceptors (Lipinski definition) is 2. The third-order valence-corrected chi connectivity index (χ3v) is 2.92. The van der Waals surface area contributed by atoms with Gasteiger partial charge < -0.3 is 10.1 Å². The van der Waals surface area contributed by atoms with E-state index in [-0.39, 0.29) is 6.42 Å². The molecule has 0 aliphatic carbocycles. The number of aliphatic carboxylic acids is 1. The number of hydrogen-bond donors (Lipinski definition) is 2. The first-order valence-electron chi connectivity index (χ1n) is 5.19. The zero-order valence-electron chi connectivity index (χ0n) is 8.44. The van der Waals surface area contributed by atoms with E-state index in [1.807, 2.05) is 18.2 Å². The number of aryl methyl sites for hydroxylation is 2. The Bertz CT molecular complexity index is 389. The van der Waals surface area contributed by atoms with Gasteiger partial charge in [-0.2, -0.15) is 0 Å². The zero-order chi connectivity index (χ0) is 10.8. The lowest BCUT2D eigenvalue weighted by molar-refractivity contribution is -0.136. The maximum Gasteiger partial charge on any atom is 0.324 e. The lowest BCUT2D eigenvalue weighted by Crippen LogP contribution is -2.30. The van der Waals surface area contributed by atoms with Gasteiger partial charge in [0, 0.05) is 6.42 Å². The lowest BCUT2D eigenvalue weighted by atomic mass is 9.61. The monoisotopic (exact) mass is 204 g/mol. The fourth-order valence-electron chi connectivity index (χ4n) is 2.21. The standard InChI is InChI=1S/C11H13BO3/c13-10(14)5-4-8-2-1-3-9-6-7-12(15)11(8)9/h1-3,15H,4-7H2,(H,13,14). The molecule has 0 aromatic heterocycles. The molecule has 1 aromatic carbocycles. The molecule has 0 saturated carbocycles. The fraction of sp³-hybridized carbons (Fsp3) is 0.364. The summed E-state index contributed by atoms with van der Waals surface area (Å²) in [6.45, 7) is -0.398. The smallest absolute Gasteiger partial charge is 0.324 e. The minimum Gasteiger partial charge on any atom is -0.481 e. The minimum absolute atomic E-state index is 0.128. The van der Waals surface area contributed by atoms with Crippen LogP contribution in [0.2, 0.25) is 6.32 Å². The molecule has 0 unspecified atom stereocenters. The van der Waals surface area contributed by atoms with Crippen LogP contribution in [0.25, 0.3) is 0 Å². The highest BCUT2D eigenvalue weighted by atomic mass is 16.4. The molecule has 2 rings (SSSR count). The highest BCUT2D eigenvalue weighted by Gasteiger charge is 2.27. The van der Waals surface area contributed by atoms with Gasteiger partial charge in [0.2, 0.25) is 0 Å². The van der Waals surface area contributed by atoms with Crippen molar-refractivity contribution in [3.8, 4) is 0 Å². The summed E-state index contributed by atoms with van der Waals surface area (Å²) in [7, 11) is 0. The summed E-state index contributed by atoms with van der Waals surface area (Å²) in [4.78, 5) is 10.5. The first-order chi connectivity index (χ1) is 7.18. The van der Waals surface area contributed by atoms with E-state index in [2.05, 4.69) is 0 Å². The quantitative estimate of drug-likeness (QED) is 0.702. The average Bonchev–Trinajstić information content (AvgIpc) is 2.58. The average molecular weight is 204 g/mol. The molecule has 1 heterocycles. The highest BCUT2D eigenvalue weighted by molar-refractivity contribution is 6.68. The van der Waals surface area contributed by atoms with E-state index in [4.69, 9.17) is 5.11 Å². The molecular formula is C11H13BO3. The fourth-order valence-corrected chi connectivity index (χ4v) is 2.21. The largest absolute Gasteiger partial charge is 0.481 e. The number of carbonyl (C=O) groups is 1. The summed E-state index contributed by atoms with van der Waals surface area (Å²) in [5.41, 5.74) is 3.13. The molecule has 0 fully saturated rings. The highest BCUT2D eigenvalue weighted by Crippen LogP contribution is 2.16. The van der Waals surface area contributed by atoms with Crippen LogP contribution in [0.5, 0.6) is 0 Å². The van der Waals surface area contributed by atoms with E-state index in [1.54, 1.807) is 0 Å². The second-order valence-electron chi connectivity index (χ2n) is 3.94. The Labute approximate surface area is 88.9 Å². The minimum atomic E-state index is -0.792. The number of carboxylic acid groups (broad SMARTS) is 1. The molecule has 0 atom stereocenters. The third-order valence-electron chi connectivity index (χ3n) is 2.92. The van der Waals surface area contributed by atoms with Crippen molar-refractivity contribution in [3.05, 3.63) is 29.3 Å². The third kappa shape index (κ3) is 2.05. The molecular weight excluding hydrogens is 191 g/mol. The maximum atomic E-state index is 10.5. The first-order valence-corrected chi connectivity index (χ1v) is 5.19. The van der Waals surface area contributed by atoms with Gasteiger partial charge in [0.1, 0.15) is 0 Å². The Morgan fingerprint density at radius 3 is 3.00 bits per heavy atom. The van der Waals surface area contributed by atoms with Crippen LogP contribution < -0.4 is 5.46 Å². The van der Waals surface area contributed by atoms with E-state index in [1.165, 1.54) is 5.56 Å². The van der Waals surface area contributed by atoms with Crippen LogP contribution in [0.4, 0.5) is 0 Å². The van der Waals surface area contributed by atoms with Crippen molar-refractivity contribution in [1.29, 1.82) is 0 Å². The number of fused-ring (bicyclic) bond motifs is 1. The lowest BCUT2D eigenvalue weighted by Gasteiger charge is -2.08. The van der Waals surface area contributed by atoms with Gasteiger partial charge >= 0.3 is 12.9 Å². The second-order valence-corrected chi connectivity index (χ2v) is 3.94. The van der Waals surface area contributed by atoms with Gasteiger partial charge in [0.15, 0.2) is 0 Å². The summed E-state index contributed by atoms with van der Waals surface area (Å²) in [6, 6.07) is 5.86. The van der Waals surface area contributed by atoms with Gasteiger partial charge in [0.25, 0.3) is 0 Å². The number of rotatable bonds is 3. The van der Waals surface area contributed by atoms with Crippen LogP contribution in [-0.2, 0) is 17.6 Å². The van der Waals surface area contributed by atoms with Crippen molar-refractivity contribution >= 4 is 18.3 Å². The molecule has 2 N–H and O–H groups in total. The van der Waals surface area contributed by atoms with Gasteiger partial charge in [-0.25, -0.2) is 0 Å². The summed E-state index contributed by atoms with van der Waals surface area (Å²) in [5.74, 6) is -0.792. The van der Waals surface area contributed by atoms with Crippen LogP contribution in [0.3, 0.4) is 0 Å². The van der Waals surface area contributed by atoms with Gasteiger partial charge in [-0.1, -0.05) is 29.3 Å². The predicted molar refractivity (Wildman–Crippen MR) is 58.5 cm³/mol. The Hall–Kier alpha value is -1.29. The molecule has 3 nitrogen and oxygen atoms in total. The Morgan fingerprint density at radius 2 is 2.27 bits per heavy atom. The number of carboxylic acids is 1. The Balaban J connectivity index is 2.24. The van der Waals surface area contributed by atoms with Gasteiger partial charge in [-0.15, -0.1) is 0 Å². The van der Waals surface area contributed by atoms with Gasteiger partial charge in [-0.05, 0) is 24.6 Å². The van der Waals surface area contributed by atoms with Crippen LogP contribution in [0.15, 0.2) is 18.2 Å². The Morgan fingerprint density at radius 1 is 1.47 bits per heavy atom. The Kier molecular flexibility index (Phi) is 2.78. The molecule has 1 aliphatic rings. The second kappa shape index (κ2) is 4.07. The summed E-state index contributed by atoms with van der Waals surface area (Å²) >= 11 is 0. The van der Waals surface area contributed by atoms with Crippen molar-refractivity contribution in [2.45, 2.75) is 25.6 Å². The maximum absolute atomic E-state index is 10.5. The number of benzene rings is 1. The van der Waals surface area contributed by atoms with E-state index in [9.17, 15) is 9.82 Å². The predicted octanol–water partition coefficient (Wildman–Crippen LogP) is 0.451. The van der Waals surface area contributed by atoms with Crippen molar-refractivity contribution in [2.24, 2.45) is 0 Å².